The van der Waals surface area contributed by atoms with Gasteiger partial charge in [-0.15, -0.1) is 0 Å². The van der Waals surface area contributed by atoms with Gasteiger partial charge >= 0.3 is 0 Å². The fraction of sp³-hybridized carbons (Fsp3) is 0.533. The zero-order chi connectivity index (χ0) is 14.4. The number of ether oxygens (including phenoxy) is 1. The van der Waals surface area contributed by atoms with Crippen molar-refractivity contribution in [1.82, 2.24) is 4.90 Å². The van der Waals surface area contributed by atoms with Crippen molar-refractivity contribution >= 4 is 17.5 Å². The summed E-state index contributed by atoms with van der Waals surface area (Å²) >= 11 is 5.91. The Hall–Kier alpha value is -1.10. The summed E-state index contributed by atoms with van der Waals surface area (Å²) in [6, 6.07) is 7.05. The molecular formula is C15H20ClNO3. The minimum Gasteiger partial charge on any atom is -0.396 e. The van der Waals surface area contributed by atoms with E-state index in [0.717, 1.165) is 12.8 Å². The highest BCUT2D eigenvalue weighted by Crippen LogP contribution is 2.18. The minimum absolute atomic E-state index is 0.0290. The monoisotopic (exact) mass is 297 g/mol. The number of aliphatic hydroxyl groups excluding tert-OH is 1. The van der Waals surface area contributed by atoms with Crippen LogP contribution in [0.15, 0.2) is 24.3 Å². The second-order valence-corrected chi connectivity index (χ2v) is 5.39. The molecular weight excluding hydrogens is 278 g/mol. The van der Waals surface area contributed by atoms with E-state index in [1.807, 2.05) is 4.90 Å². The van der Waals surface area contributed by atoms with E-state index in [4.69, 9.17) is 21.4 Å². The van der Waals surface area contributed by atoms with Gasteiger partial charge in [-0.2, -0.15) is 0 Å². The van der Waals surface area contributed by atoms with Crippen LogP contribution in [0.5, 0.6) is 0 Å². The molecule has 0 atom stereocenters. The standard InChI is InChI=1S/C15H20ClNO3/c16-13-4-1-3-12(11-13)15(19)17-7-5-14(6-8-17)20-10-2-9-18/h1,3-4,11,14,18H,2,5-10H2. The van der Waals surface area contributed by atoms with E-state index in [2.05, 4.69) is 0 Å². The van der Waals surface area contributed by atoms with Crippen LogP contribution in [0.2, 0.25) is 5.02 Å². The first-order valence-corrected chi connectivity index (χ1v) is 7.36. The first-order valence-electron chi connectivity index (χ1n) is 6.98. The Bertz CT molecular complexity index is 444. The number of nitrogens with zero attached hydrogens (tertiary/aromatic N) is 1. The number of amides is 1. The van der Waals surface area contributed by atoms with Gasteiger partial charge in [-0.1, -0.05) is 17.7 Å². The van der Waals surface area contributed by atoms with Gasteiger partial charge in [-0.25, -0.2) is 0 Å². The largest absolute Gasteiger partial charge is 0.396 e. The lowest BCUT2D eigenvalue weighted by Crippen LogP contribution is -2.41. The Morgan fingerprint density at radius 2 is 2.15 bits per heavy atom. The van der Waals surface area contributed by atoms with E-state index in [-0.39, 0.29) is 18.6 Å². The normalized spacial score (nSPS) is 16.4. The van der Waals surface area contributed by atoms with Gasteiger partial charge in [0.05, 0.1) is 6.10 Å². The summed E-state index contributed by atoms with van der Waals surface area (Å²) in [6.45, 7) is 2.15. The van der Waals surface area contributed by atoms with Crippen LogP contribution in [-0.4, -0.2) is 48.3 Å². The first kappa shape index (κ1) is 15.3. The molecule has 1 N–H and O–H groups in total. The molecule has 0 aromatic heterocycles. The predicted molar refractivity (Wildman–Crippen MR) is 78.0 cm³/mol. The molecule has 110 valence electrons. The lowest BCUT2D eigenvalue weighted by Gasteiger charge is -2.32. The van der Waals surface area contributed by atoms with Crippen LogP contribution in [0.4, 0.5) is 0 Å². The van der Waals surface area contributed by atoms with Crippen LogP contribution in [0.25, 0.3) is 0 Å². The average molecular weight is 298 g/mol. The Morgan fingerprint density at radius 3 is 2.80 bits per heavy atom. The van der Waals surface area contributed by atoms with Crippen LogP contribution in [-0.2, 0) is 4.74 Å². The van der Waals surface area contributed by atoms with E-state index in [1.165, 1.54) is 0 Å². The van der Waals surface area contributed by atoms with Crippen LogP contribution in [0, 0.1) is 0 Å². The van der Waals surface area contributed by atoms with Gasteiger partial charge < -0.3 is 14.7 Å². The summed E-state index contributed by atoms with van der Waals surface area (Å²) in [5.74, 6) is 0.0290. The molecule has 1 saturated heterocycles. The Morgan fingerprint density at radius 1 is 1.40 bits per heavy atom. The van der Waals surface area contributed by atoms with Gasteiger partial charge in [0.15, 0.2) is 0 Å². The van der Waals surface area contributed by atoms with Gasteiger partial charge in [-0.3, -0.25) is 4.79 Å². The summed E-state index contributed by atoms with van der Waals surface area (Å²) in [5.41, 5.74) is 0.636. The quantitative estimate of drug-likeness (QED) is 0.849. The molecule has 0 unspecified atom stereocenters. The van der Waals surface area contributed by atoms with Crippen molar-refractivity contribution < 1.29 is 14.6 Å². The molecule has 4 nitrogen and oxygen atoms in total. The molecule has 1 heterocycles. The molecule has 1 aromatic rings. The summed E-state index contributed by atoms with van der Waals surface area (Å²) in [4.78, 5) is 14.2. The van der Waals surface area contributed by atoms with E-state index in [1.54, 1.807) is 24.3 Å². The highest BCUT2D eigenvalue weighted by Gasteiger charge is 2.23. The number of carbonyl (C=O) groups is 1. The molecule has 1 aliphatic rings. The van der Waals surface area contributed by atoms with Gasteiger partial charge in [-0.05, 0) is 37.5 Å². The van der Waals surface area contributed by atoms with Crippen molar-refractivity contribution in [1.29, 1.82) is 0 Å². The topological polar surface area (TPSA) is 49.8 Å². The summed E-state index contributed by atoms with van der Waals surface area (Å²) in [5, 5.41) is 9.30. The number of likely N-dealkylation sites (tertiary alicyclic amines) is 1. The molecule has 0 saturated carbocycles. The zero-order valence-corrected chi connectivity index (χ0v) is 12.2. The maximum Gasteiger partial charge on any atom is 0.253 e. The molecule has 1 amide bonds. The highest BCUT2D eigenvalue weighted by atomic mass is 35.5. The van der Waals surface area contributed by atoms with Crippen molar-refractivity contribution in [2.24, 2.45) is 0 Å². The number of aliphatic hydroxyl groups is 1. The van der Waals surface area contributed by atoms with Gasteiger partial charge in [0.1, 0.15) is 0 Å². The van der Waals surface area contributed by atoms with Crippen LogP contribution < -0.4 is 0 Å². The third-order valence-corrected chi connectivity index (χ3v) is 3.69. The van der Waals surface area contributed by atoms with E-state index >= 15 is 0 Å². The number of hydrogen-bond acceptors (Lipinski definition) is 3. The number of hydrogen-bond donors (Lipinski definition) is 1. The average Bonchev–Trinajstić information content (AvgIpc) is 2.47. The van der Waals surface area contributed by atoms with Gasteiger partial charge in [0.25, 0.3) is 5.91 Å². The summed E-state index contributed by atoms with van der Waals surface area (Å²) < 4.78 is 5.66. The van der Waals surface area contributed by atoms with E-state index in [0.29, 0.717) is 36.7 Å². The van der Waals surface area contributed by atoms with E-state index in [9.17, 15) is 4.79 Å². The molecule has 0 bridgehead atoms. The van der Waals surface area contributed by atoms with Crippen LogP contribution in [0.3, 0.4) is 0 Å². The van der Waals surface area contributed by atoms with Crippen LogP contribution in [0.1, 0.15) is 29.6 Å². The third-order valence-electron chi connectivity index (χ3n) is 3.46. The second-order valence-electron chi connectivity index (χ2n) is 4.95. The lowest BCUT2D eigenvalue weighted by molar-refractivity contribution is 0.00397. The fourth-order valence-corrected chi connectivity index (χ4v) is 2.53. The molecule has 0 spiro atoms. The molecule has 0 radical (unpaired) electrons. The maximum absolute atomic E-state index is 12.3. The number of halogens is 1. The van der Waals surface area contributed by atoms with E-state index < -0.39 is 0 Å². The SMILES string of the molecule is O=C(c1cccc(Cl)c1)N1CCC(OCCCO)CC1. The molecule has 1 aliphatic heterocycles. The maximum atomic E-state index is 12.3. The van der Waals surface area contributed by atoms with Crippen LogP contribution >= 0.6 is 11.6 Å². The molecule has 20 heavy (non-hydrogen) atoms. The number of piperidine rings is 1. The third kappa shape index (κ3) is 4.20. The van der Waals surface area contributed by atoms with Gasteiger partial charge in [0, 0.05) is 36.9 Å². The molecule has 2 rings (SSSR count). The summed E-state index contributed by atoms with van der Waals surface area (Å²) in [6.07, 6.45) is 2.56. The summed E-state index contributed by atoms with van der Waals surface area (Å²) in [7, 11) is 0. The zero-order valence-electron chi connectivity index (χ0n) is 11.4. The van der Waals surface area contributed by atoms with Crippen molar-refractivity contribution in [3.8, 4) is 0 Å². The second kappa shape index (κ2) is 7.62. The fourth-order valence-electron chi connectivity index (χ4n) is 2.34. The lowest BCUT2D eigenvalue weighted by atomic mass is 10.1. The Labute approximate surface area is 124 Å². The highest BCUT2D eigenvalue weighted by molar-refractivity contribution is 6.30. The number of carbonyl (C=O) groups excluding carboxylic acids is 1. The van der Waals surface area contributed by atoms with Crippen molar-refractivity contribution in [2.45, 2.75) is 25.4 Å². The molecule has 1 aromatic carbocycles. The smallest absolute Gasteiger partial charge is 0.253 e. The minimum atomic E-state index is 0.0290. The van der Waals surface area contributed by atoms with Crippen molar-refractivity contribution in [2.75, 3.05) is 26.3 Å². The first-order chi connectivity index (χ1) is 9.70. The molecule has 5 heteroatoms. The Balaban J connectivity index is 1.83. The van der Waals surface area contributed by atoms with Crippen molar-refractivity contribution in [3.63, 3.8) is 0 Å². The number of rotatable bonds is 5. The Kier molecular flexibility index (Phi) is 5.83. The van der Waals surface area contributed by atoms with Gasteiger partial charge in [0.2, 0.25) is 0 Å². The number of benzene rings is 1. The predicted octanol–water partition coefficient (Wildman–Crippen LogP) is 2.34. The van der Waals surface area contributed by atoms with Crippen molar-refractivity contribution in [3.05, 3.63) is 34.9 Å². The molecule has 0 aliphatic carbocycles. The molecule has 1 fully saturated rings.